The van der Waals surface area contributed by atoms with Crippen molar-refractivity contribution in [3.8, 4) is 17.2 Å². The van der Waals surface area contributed by atoms with Gasteiger partial charge in [0, 0.05) is 19.0 Å². The van der Waals surface area contributed by atoms with Crippen LogP contribution in [-0.4, -0.2) is 31.7 Å². The van der Waals surface area contributed by atoms with Crippen LogP contribution in [0.3, 0.4) is 0 Å². The number of ether oxygens (including phenoxy) is 4. The van der Waals surface area contributed by atoms with E-state index in [1.807, 2.05) is 30.3 Å². The fraction of sp³-hybridized carbons (Fsp3) is 0.200. The normalized spacial score (nSPS) is 10.6. The summed E-state index contributed by atoms with van der Waals surface area (Å²) in [5.41, 5.74) is 1.04. The number of fused-ring (bicyclic) bond motifs is 1. The Hall–Kier alpha value is -5.12. The van der Waals surface area contributed by atoms with Gasteiger partial charge in [-0.2, -0.15) is 0 Å². The van der Waals surface area contributed by atoms with E-state index in [9.17, 15) is 19.2 Å². The van der Waals surface area contributed by atoms with Gasteiger partial charge in [-0.05, 0) is 55.3 Å². The summed E-state index contributed by atoms with van der Waals surface area (Å²) in [6.07, 6.45) is -0.164. The summed E-state index contributed by atoms with van der Waals surface area (Å²) >= 11 is 0. The summed E-state index contributed by atoms with van der Waals surface area (Å²) < 4.78 is 26.7. The highest BCUT2D eigenvalue weighted by Crippen LogP contribution is 2.27. The minimum Gasteiger partial charge on any atom is -0.465 e. The fourth-order valence-corrected chi connectivity index (χ4v) is 3.72. The highest BCUT2D eigenvalue weighted by molar-refractivity contribution is 5.89. The average molecular weight is 546 g/mol. The van der Waals surface area contributed by atoms with Gasteiger partial charge in [0.05, 0.1) is 18.1 Å². The van der Waals surface area contributed by atoms with Crippen molar-refractivity contribution in [3.05, 3.63) is 99.9 Å². The van der Waals surface area contributed by atoms with Gasteiger partial charge in [0.2, 0.25) is 11.2 Å². The van der Waals surface area contributed by atoms with Gasteiger partial charge in [0.1, 0.15) is 29.4 Å². The van der Waals surface area contributed by atoms with Crippen LogP contribution in [0.4, 0.5) is 4.79 Å². The van der Waals surface area contributed by atoms with E-state index in [1.165, 1.54) is 37.4 Å². The van der Waals surface area contributed by atoms with Crippen LogP contribution >= 0.6 is 0 Å². The molecule has 10 nitrogen and oxygen atoms in total. The zero-order valence-electron chi connectivity index (χ0n) is 21.9. The van der Waals surface area contributed by atoms with E-state index in [1.54, 1.807) is 19.1 Å². The molecule has 1 heterocycles. The molecule has 1 amide bonds. The van der Waals surface area contributed by atoms with E-state index < -0.39 is 23.5 Å². The van der Waals surface area contributed by atoms with Gasteiger partial charge in [-0.1, -0.05) is 30.3 Å². The van der Waals surface area contributed by atoms with Crippen LogP contribution in [0.25, 0.3) is 11.0 Å². The molecule has 1 N–H and O–H groups in total. The number of rotatable bonds is 10. The maximum absolute atomic E-state index is 13.1. The molecule has 10 heteroatoms. The summed E-state index contributed by atoms with van der Waals surface area (Å²) in [5, 5.41) is 2.83. The third-order valence-corrected chi connectivity index (χ3v) is 5.75. The first-order valence-corrected chi connectivity index (χ1v) is 12.4. The maximum Gasteiger partial charge on any atom is 0.407 e. The maximum atomic E-state index is 13.1. The van der Waals surface area contributed by atoms with Gasteiger partial charge in [0.15, 0.2) is 0 Å². The second-order valence-electron chi connectivity index (χ2n) is 8.66. The fourth-order valence-electron chi connectivity index (χ4n) is 3.72. The molecule has 0 aliphatic rings. The molecule has 0 saturated heterocycles. The van der Waals surface area contributed by atoms with Crippen LogP contribution in [-0.2, 0) is 20.9 Å². The monoisotopic (exact) mass is 545 g/mol. The molecule has 0 aliphatic carbocycles. The number of benzene rings is 3. The highest BCUT2D eigenvalue weighted by atomic mass is 16.5. The molecular weight excluding hydrogens is 518 g/mol. The number of methoxy groups -OCH3 is 1. The first kappa shape index (κ1) is 27.9. The molecular formula is C30H27NO9. The number of nitrogens with one attached hydrogen (secondary N) is 1. The van der Waals surface area contributed by atoms with Crippen LogP contribution in [0, 0.1) is 6.92 Å². The van der Waals surface area contributed by atoms with Gasteiger partial charge in [-0.3, -0.25) is 9.59 Å². The minimum absolute atomic E-state index is 0.00198. The number of esters is 2. The lowest BCUT2D eigenvalue weighted by atomic mass is 10.2. The Labute approximate surface area is 229 Å². The summed E-state index contributed by atoms with van der Waals surface area (Å²) in [6.45, 7) is 1.97. The molecule has 4 aromatic rings. The number of aryl methyl sites for hydroxylation is 1. The van der Waals surface area contributed by atoms with E-state index in [0.29, 0.717) is 17.7 Å². The SMILES string of the molecule is COC(=O)c1ccc(Oc2c(C)oc3cc(OC(=O)CCCNC(=O)OCc4ccccc4)ccc3c2=O)cc1. The molecule has 0 atom stereocenters. The molecule has 3 aromatic carbocycles. The molecule has 40 heavy (non-hydrogen) atoms. The zero-order chi connectivity index (χ0) is 28.5. The zero-order valence-corrected chi connectivity index (χ0v) is 21.9. The molecule has 0 radical (unpaired) electrons. The van der Waals surface area contributed by atoms with Crippen molar-refractivity contribution in [2.24, 2.45) is 0 Å². The van der Waals surface area contributed by atoms with E-state index in [2.05, 4.69) is 10.1 Å². The minimum atomic E-state index is -0.571. The van der Waals surface area contributed by atoms with Crippen molar-refractivity contribution >= 4 is 29.0 Å². The van der Waals surface area contributed by atoms with Gasteiger partial charge >= 0.3 is 18.0 Å². The number of amides is 1. The van der Waals surface area contributed by atoms with E-state index in [0.717, 1.165) is 5.56 Å². The van der Waals surface area contributed by atoms with Crippen molar-refractivity contribution in [1.29, 1.82) is 0 Å². The van der Waals surface area contributed by atoms with Crippen LogP contribution in [0.1, 0.15) is 34.5 Å². The number of hydrogen-bond acceptors (Lipinski definition) is 9. The largest absolute Gasteiger partial charge is 0.465 e. The second-order valence-corrected chi connectivity index (χ2v) is 8.66. The summed E-state index contributed by atoms with van der Waals surface area (Å²) in [7, 11) is 1.29. The number of carbonyl (C=O) groups excluding carboxylic acids is 3. The predicted molar refractivity (Wildman–Crippen MR) is 145 cm³/mol. The highest BCUT2D eigenvalue weighted by Gasteiger charge is 2.16. The van der Waals surface area contributed by atoms with E-state index in [-0.39, 0.29) is 47.8 Å². The first-order chi connectivity index (χ1) is 19.3. The standard InChI is InChI=1S/C30H27NO9/c1-19-28(40-22-12-10-21(11-13-22)29(34)36-2)27(33)24-15-14-23(17-25(24)38-19)39-26(32)9-6-16-31-30(35)37-18-20-7-4-3-5-8-20/h3-5,7-8,10-15,17H,6,9,16,18H2,1-2H3,(H,31,35). The number of carbonyl (C=O) groups is 3. The molecule has 0 spiro atoms. The molecule has 4 rings (SSSR count). The molecule has 0 saturated carbocycles. The van der Waals surface area contributed by atoms with Crippen LogP contribution in [0.5, 0.6) is 17.2 Å². The van der Waals surface area contributed by atoms with Gasteiger partial charge in [-0.25, -0.2) is 9.59 Å². The van der Waals surface area contributed by atoms with Crippen molar-refractivity contribution in [2.45, 2.75) is 26.4 Å². The topological polar surface area (TPSA) is 130 Å². The van der Waals surface area contributed by atoms with Crippen LogP contribution in [0.15, 0.2) is 82.0 Å². The Bertz CT molecular complexity index is 1560. The Morgan fingerprint density at radius 3 is 2.38 bits per heavy atom. The molecule has 0 unspecified atom stereocenters. The van der Waals surface area contributed by atoms with Crippen LogP contribution < -0.4 is 20.2 Å². The smallest absolute Gasteiger partial charge is 0.407 e. The molecule has 0 fully saturated rings. The molecule has 206 valence electrons. The van der Waals surface area contributed by atoms with Crippen molar-refractivity contribution in [1.82, 2.24) is 5.32 Å². The molecule has 1 aromatic heterocycles. The third kappa shape index (κ3) is 7.25. The van der Waals surface area contributed by atoms with Crippen molar-refractivity contribution in [3.63, 3.8) is 0 Å². The summed E-state index contributed by atoms with van der Waals surface area (Å²) in [5.74, 6) is -0.219. The molecule has 0 bridgehead atoms. The van der Waals surface area contributed by atoms with Crippen LogP contribution in [0.2, 0.25) is 0 Å². The number of hydrogen-bond donors (Lipinski definition) is 1. The Kier molecular flexibility index (Phi) is 9.14. The second kappa shape index (κ2) is 13.1. The quantitative estimate of drug-likeness (QED) is 0.160. The first-order valence-electron chi connectivity index (χ1n) is 12.4. The summed E-state index contributed by atoms with van der Waals surface area (Å²) in [6, 6.07) is 19.8. The Morgan fingerprint density at radius 1 is 0.925 bits per heavy atom. The van der Waals surface area contributed by atoms with Gasteiger partial charge in [0.25, 0.3) is 0 Å². The lowest BCUT2D eigenvalue weighted by molar-refractivity contribution is -0.134. The predicted octanol–water partition coefficient (Wildman–Crippen LogP) is 5.29. The van der Waals surface area contributed by atoms with Crippen molar-refractivity contribution in [2.75, 3.05) is 13.7 Å². The van der Waals surface area contributed by atoms with Gasteiger partial charge in [-0.15, -0.1) is 0 Å². The molecule has 0 aliphatic heterocycles. The Balaban J connectivity index is 1.30. The van der Waals surface area contributed by atoms with E-state index in [4.69, 9.17) is 18.6 Å². The average Bonchev–Trinajstić information content (AvgIpc) is 2.96. The lowest BCUT2D eigenvalue weighted by Crippen LogP contribution is -2.26. The Morgan fingerprint density at radius 2 is 1.65 bits per heavy atom. The van der Waals surface area contributed by atoms with Crippen molar-refractivity contribution < 1.29 is 37.7 Å². The van der Waals surface area contributed by atoms with Gasteiger partial charge < -0.3 is 28.7 Å². The summed E-state index contributed by atoms with van der Waals surface area (Å²) in [4.78, 5) is 48.7. The van der Waals surface area contributed by atoms with E-state index >= 15 is 0 Å². The third-order valence-electron chi connectivity index (χ3n) is 5.75. The lowest BCUT2D eigenvalue weighted by Gasteiger charge is -2.10. The number of alkyl carbamates (subject to hydrolysis) is 1.